The zero-order valence-electron chi connectivity index (χ0n) is 10.8. The van der Waals surface area contributed by atoms with Gasteiger partial charge in [-0.15, -0.1) is 11.3 Å². The van der Waals surface area contributed by atoms with Gasteiger partial charge in [-0.1, -0.05) is 6.07 Å². The molecular weight excluding hydrogens is 276 g/mol. The molecule has 0 saturated heterocycles. The molecule has 0 aliphatic heterocycles. The van der Waals surface area contributed by atoms with E-state index in [1.807, 2.05) is 18.4 Å². The highest BCUT2D eigenvalue weighted by Gasteiger charge is 2.19. The average Bonchev–Trinajstić information content (AvgIpc) is 2.83. The zero-order chi connectivity index (χ0) is 14.5. The average molecular weight is 288 g/mol. The van der Waals surface area contributed by atoms with Crippen molar-refractivity contribution in [1.29, 1.82) is 5.26 Å². The minimum atomic E-state index is -0.533. The van der Waals surface area contributed by atoms with Gasteiger partial charge in [0.05, 0.1) is 9.93 Å². The molecule has 7 heteroatoms. The molecule has 0 aliphatic carbocycles. The lowest BCUT2D eigenvalue weighted by molar-refractivity contribution is -0.384. The van der Waals surface area contributed by atoms with Crippen LogP contribution in [0.2, 0.25) is 0 Å². The van der Waals surface area contributed by atoms with E-state index in [2.05, 4.69) is 10.3 Å². The van der Waals surface area contributed by atoms with E-state index in [0.29, 0.717) is 18.7 Å². The van der Waals surface area contributed by atoms with Crippen molar-refractivity contribution in [1.82, 2.24) is 4.98 Å². The predicted molar refractivity (Wildman–Crippen MR) is 76.9 cm³/mol. The maximum atomic E-state index is 11.0. The van der Waals surface area contributed by atoms with Crippen LogP contribution in [0.4, 0.5) is 11.4 Å². The molecule has 0 radical (unpaired) electrons. The topological polar surface area (TPSA) is 91.8 Å². The largest absolute Gasteiger partial charge is 0.379 e. The van der Waals surface area contributed by atoms with Gasteiger partial charge in [-0.05, 0) is 19.1 Å². The molecule has 0 aliphatic rings. The number of rotatable bonds is 5. The van der Waals surface area contributed by atoms with Crippen molar-refractivity contribution in [2.75, 3.05) is 11.9 Å². The Morgan fingerprint density at radius 3 is 2.95 bits per heavy atom. The number of nitrogens with zero attached hydrogens (tertiary/aromatic N) is 3. The maximum absolute atomic E-state index is 11.0. The molecule has 1 heterocycles. The van der Waals surface area contributed by atoms with Gasteiger partial charge in [-0.2, -0.15) is 5.26 Å². The van der Waals surface area contributed by atoms with Gasteiger partial charge in [0.2, 0.25) is 0 Å². The second-order valence-corrected chi connectivity index (χ2v) is 5.07. The highest BCUT2D eigenvalue weighted by atomic mass is 32.1. The van der Waals surface area contributed by atoms with Crippen LogP contribution >= 0.6 is 11.3 Å². The van der Waals surface area contributed by atoms with Crippen molar-refractivity contribution >= 4 is 22.7 Å². The third-order valence-corrected chi connectivity index (χ3v) is 3.69. The van der Waals surface area contributed by atoms with Crippen LogP contribution in [0.5, 0.6) is 0 Å². The number of thiazole rings is 1. The smallest absolute Gasteiger partial charge is 0.309 e. The molecule has 6 nitrogen and oxygen atoms in total. The van der Waals surface area contributed by atoms with E-state index < -0.39 is 4.92 Å². The molecule has 102 valence electrons. The van der Waals surface area contributed by atoms with Gasteiger partial charge in [0, 0.05) is 24.0 Å². The Bertz CT molecular complexity index is 675. The molecule has 2 rings (SSSR count). The van der Waals surface area contributed by atoms with E-state index >= 15 is 0 Å². The Morgan fingerprint density at radius 1 is 1.55 bits per heavy atom. The lowest BCUT2D eigenvalue weighted by Crippen LogP contribution is -2.07. The fourth-order valence-corrected chi connectivity index (χ4v) is 2.57. The van der Waals surface area contributed by atoms with E-state index in [-0.39, 0.29) is 11.3 Å². The van der Waals surface area contributed by atoms with E-state index in [4.69, 9.17) is 5.26 Å². The van der Waals surface area contributed by atoms with E-state index in [9.17, 15) is 10.1 Å². The summed E-state index contributed by atoms with van der Waals surface area (Å²) in [6, 6.07) is 6.50. The monoisotopic (exact) mass is 288 g/mol. The molecule has 0 bridgehead atoms. The Labute approximate surface area is 119 Å². The number of nitro benzene ring substituents is 1. The first-order chi connectivity index (χ1) is 9.61. The van der Waals surface area contributed by atoms with Crippen LogP contribution in [-0.4, -0.2) is 16.5 Å². The molecule has 0 unspecified atom stereocenters. The molecule has 0 atom stereocenters. The Morgan fingerprint density at radius 2 is 2.35 bits per heavy atom. The molecule has 0 fully saturated rings. The van der Waals surface area contributed by atoms with Crippen molar-refractivity contribution < 1.29 is 4.92 Å². The lowest BCUT2D eigenvalue weighted by atomic mass is 10.1. The maximum Gasteiger partial charge on any atom is 0.309 e. The number of aryl methyl sites for hydroxylation is 1. The predicted octanol–water partition coefficient (Wildman–Crippen LogP) is 2.89. The molecule has 1 N–H and O–H groups in total. The van der Waals surface area contributed by atoms with Crippen molar-refractivity contribution in [3.05, 3.63) is 50.0 Å². The van der Waals surface area contributed by atoms with Crippen LogP contribution in [0.1, 0.15) is 16.3 Å². The summed E-state index contributed by atoms with van der Waals surface area (Å²) in [5.41, 5.74) is 1.22. The molecule has 0 amide bonds. The van der Waals surface area contributed by atoms with Crippen LogP contribution in [0.15, 0.2) is 23.6 Å². The van der Waals surface area contributed by atoms with Crippen LogP contribution in [0, 0.1) is 28.4 Å². The number of para-hydroxylation sites is 1. The Kier molecular flexibility index (Phi) is 4.27. The molecule has 0 spiro atoms. The van der Waals surface area contributed by atoms with Crippen molar-refractivity contribution in [2.45, 2.75) is 13.3 Å². The number of nitrogens with one attached hydrogen (secondary N) is 1. The fourth-order valence-electron chi connectivity index (χ4n) is 1.79. The minimum Gasteiger partial charge on any atom is -0.379 e. The second-order valence-electron chi connectivity index (χ2n) is 4.13. The van der Waals surface area contributed by atoms with Crippen molar-refractivity contribution in [3.8, 4) is 6.07 Å². The van der Waals surface area contributed by atoms with Crippen LogP contribution in [0.25, 0.3) is 0 Å². The normalized spacial score (nSPS) is 10.0. The van der Waals surface area contributed by atoms with Crippen LogP contribution in [0.3, 0.4) is 0 Å². The first-order valence-electron chi connectivity index (χ1n) is 5.94. The highest BCUT2D eigenvalue weighted by molar-refractivity contribution is 7.09. The van der Waals surface area contributed by atoms with Gasteiger partial charge in [0.1, 0.15) is 17.3 Å². The molecule has 1 aromatic heterocycles. The fraction of sp³-hybridized carbons (Fsp3) is 0.231. The van der Waals surface area contributed by atoms with Gasteiger partial charge >= 0.3 is 5.69 Å². The van der Waals surface area contributed by atoms with Gasteiger partial charge in [0.25, 0.3) is 0 Å². The summed E-state index contributed by atoms with van der Waals surface area (Å²) in [6.07, 6.45) is 0.687. The molecule has 1 aromatic carbocycles. The van der Waals surface area contributed by atoms with Crippen LogP contribution < -0.4 is 5.32 Å². The summed E-state index contributed by atoms with van der Waals surface area (Å²) >= 11 is 1.57. The first kappa shape index (κ1) is 14.0. The van der Waals surface area contributed by atoms with E-state index in [1.54, 1.807) is 23.5 Å². The molecule has 0 saturated carbocycles. The Hall–Kier alpha value is -2.46. The van der Waals surface area contributed by atoms with Crippen molar-refractivity contribution in [2.24, 2.45) is 0 Å². The van der Waals surface area contributed by atoms with Gasteiger partial charge < -0.3 is 5.32 Å². The Balaban J connectivity index is 2.10. The SMILES string of the molecule is Cc1csc(CCNc2cccc(C#N)c2[N+](=O)[O-])n1. The molecule has 20 heavy (non-hydrogen) atoms. The minimum absolute atomic E-state index is 0.0603. The van der Waals surface area contributed by atoms with Gasteiger partial charge in [0.15, 0.2) is 0 Å². The third-order valence-electron chi connectivity index (χ3n) is 2.66. The number of nitriles is 1. The number of benzene rings is 1. The van der Waals surface area contributed by atoms with E-state index in [0.717, 1.165) is 10.7 Å². The standard InChI is InChI=1S/C13H12N4O2S/c1-9-8-20-12(16-9)5-6-15-11-4-2-3-10(7-14)13(11)17(18)19/h2-4,8,15H,5-6H2,1H3. The highest BCUT2D eigenvalue weighted by Crippen LogP contribution is 2.27. The third kappa shape index (κ3) is 3.10. The quantitative estimate of drug-likeness (QED) is 0.674. The van der Waals surface area contributed by atoms with Crippen molar-refractivity contribution in [3.63, 3.8) is 0 Å². The lowest BCUT2D eigenvalue weighted by Gasteiger charge is -2.06. The first-order valence-corrected chi connectivity index (χ1v) is 6.82. The van der Waals surface area contributed by atoms with E-state index in [1.165, 1.54) is 6.07 Å². The molecule has 2 aromatic rings. The van der Waals surface area contributed by atoms with Gasteiger partial charge in [-0.3, -0.25) is 10.1 Å². The number of aromatic nitrogens is 1. The second kappa shape index (κ2) is 6.12. The summed E-state index contributed by atoms with van der Waals surface area (Å²) in [6.45, 7) is 2.46. The molecular formula is C13H12N4O2S. The number of hydrogen-bond acceptors (Lipinski definition) is 6. The summed E-state index contributed by atoms with van der Waals surface area (Å²) in [5, 5.41) is 25.9. The van der Waals surface area contributed by atoms with Gasteiger partial charge in [-0.25, -0.2) is 4.98 Å². The number of nitro groups is 1. The summed E-state index contributed by atoms with van der Waals surface area (Å²) in [7, 11) is 0. The van der Waals surface area contributed by atoms with Crippen LogP contribution in [-0.2, 0) is 6.42 Å². The zero-order valence-corrected chi connectivity index (χ0v) is 11.6. The number of anilines is 1. The summed E-state index contributed by atoms with van der Waals surface area (Å²) in [5.74, 6) is 0. The number of hydrogen-bond donors (Lipinski definition) is 1. The summed E-state index contributed by atoms with van der Waals surface area (Å²) < 4.78 is 0. The summed E-state index contributed by atoms with van der Waals surface area (Å²) in [4.78, 5) is 14.8.